The van der Waals surface area contributed by atoms with Gasteiger partial charge in [-0.3, -0.25) is 10.1 Å². The highest BCUT2D eigenvalue weighted by atomic mass is 16.6. The Morgan fingerprint density at radius 1 is 1.41 bits per heavy atom. The predicted octanol–water partition coefficient (Wildman–Crippen LogP) is 1.78. The molecular weight excluding hydrogens is 224 g/mol. The number of nitrogens with zero attached hydrogens (tertiary/aromatic N) is 2. The van der Waals surface area contributed by atoms with E-state index in [0.717, 1.165) is 0 Å². The van der Waals surface area contributed by atoms with Gasteiger partial charge in [0.2, 0.25) is 0 Å². The van der Waals surface area contributed by atoms with Crippen LogP contribution >= 0.6 is 0 Å². The number of hydrogen-bond acceptors (Lipinski definition) is 5. The summed E-state index contributed by atoms with van der Waals surface area (Å²) in [5, 5.41) is 23.2. The highest BCUT2D eigenvalue weighted by Gasteiger charge is 2.10. The number of aliphatic hydroxyl groups is 1. The molecule has 6 nitrogen and oxygen atoms in total. The molecule has 0 unspecified atom stereocenters. The van der Waals surface area contributed by atoms with Gasteiger partial charge in [-0.25, -0.2) is 0 Å². The highest BCUT2D eigenvalue weighted by Crippen LogP contribution is 2.23. The van der Waals surface area contributed by atoms with Crippen LogP contribution < -0.4 is 0 Å². The molecular formula is C11H10N2O4. The van der Waals surface area contributed by atoms with E-state index in [-0.39, 0.29) is 12.3 Å². The lowest BCUT2D eigenvalue weighted by molar-refractivity contribution is -0.384. The van der Waals surface area contributed by atoms with Gasteiger partial charge in [0.05, 0.1) is 11.5 Å². The first-order chi connectivity index (χ1) is 8.20. The first-order valence-corrected chi connectivity index (χ1v) is 5.02. The average Bonchev–Trinajstić information content (AvgIpc) is 2.78. The van der Waals surface area contributed by atoms with Crippen LogP contribution in [-0.2, 0) is 6.42 Å². The van der Waals surface area contributed by atoms with E-state index in [2.05, 4.69) is 5.16 Å². The molecule has 1 aromatic carbocycles. The Labute approximate surface area is 96.6 Å². The van der Waals surface area contributed by atoms with Crippen LogP contribution in [0.2, 0.25) is 0 Å². The van der Waals surface area contributed by atoms with Gasteiger partial charge in [0.25, 0.3) is 5.69 Å². The number of rotatable bonds is 4. The Morgan fingerprint density at radius 2 is 2.24 bits per heavy atom. The van der Waals surface area contributed by atoms with Crippen molar-refractivity contribution in [2.45, 2.75) is 6.42 Å². The van der Waals surface area contributed by atoms with Crippen molar-refractivity contribution in [1.29, 1.82) is 0 Å². The number of benzene rings is 1. The number of non-ortho nitro benzene ring substituents is 1. The highest BCUT2D eigenvalue weighted by molar-refractivity contribution is 5.62. The van der Waals surface area contributed by atoms with E-state index in [1.807, 2.05) is 0 Å². The normalized spacial score (nSPS) is 10.4. The van der Waals surface area contributed by atoms with Gasteiger partial charge in [0, 0.05) is 30.2 Å². The summed E-state index contributed by atoms with van der Waals surface area (Å²) in [6, 6.07) is 7.81. The molecule has 0 atom stereocenters. The zero-order chi connectivity index (χ0) is 12.3. The summed E-state index contributed by atoms with van der Waals surface area (Å²) in [6.45, 7) is -0.0242. The molecule has 88 valence electrons. The van der Waals surface area contributed by atoms with Gasteiger partial charge in [-0.1, -0.05) is 17.3 Å². The van der Waals surface area contributed by atoms with E-state index < -0.39 is 4.92 Å². The molecule has 2 rings (SSSR count). The second kappa shape index (κ2) is 4.75. The van der Waals surface area contributed by atoms with E-state index in [0.29, 0.717) is 23.4 Å². The summed E-state index contributed by atoms with van der Waals surface area (Å²) in [5.41, 5.74) is 1.15. The van der Waals surface area contributed by atoms with Crippen LogP contribution in [0.3, 0.4) is 0 Å². The lowest BCUT2D eigenvalue weighted by Gasteiger charge is -1.94. The van der Waals surface area contributed by atoms with Crippen molar-refractivity contribution in [3.05, 3.63) is 46.2 Å². The topological polar surface area (TPSA) is 89.4 Å². The average molecular weight is 234 g/mol. The number of aromatic nitrogens is 1. The lowest BCUT2D eigenvalue weighted by atomic mass is 10.1. The lowest BCUT2D eigenvalue weighted by Crippen LogP contribution is -1.88. The van der Waals surface area contributed by atoms with Crippen LogP contribution in [0.5, 0.6) is 0 Å². The minimum absolute atomic E-state index is 0.00853. The fraction of sp³-hybridized carbons (Fsp3) is 0.182. The SMILES string of the molecule is O=[N+]([O-])c1cccc(-c2cc(CCO)on2)c1. The minimum atomic E-state index is -0.460. The van der Waals surface area contributed by atoms with Crippen molar-refractivity contribution in [2.24, 2.45) is 0 Å². The summed E-state index contributed by atoms with van der Waals surface area (Å²) in [4.78, 5) is 10.2. The minimum Gasteiger partial charge on any atom is -0.396 e. The zero-order valence-electron chi connectivity index (χ0n) is 8.87. The molecule has 0 aliphatic heterocycles. The van der Waals surface area contributed by atoms with Crippen LogP contribution in [0.15, 0.2) is 34.9 Å². The van der Waals surface area contributed by atoms with Crippen LogP contribution in [0, 0.1) is 10.1 Å². The predicted molar refractivity (Wildman–Crippen MR) is 59.4 cm³/mol. The molecule has 0 bridgehead atoms. The summed E-state index contributed by atoms with van der Waals surface area (Å²) in [6.07, 6.45) is 0.377. The Kier molecular flexibility index (Phi) is 3.15. The van der Waals surface area contributed by atoms with Crippen LogP contribution in [0.1, 0.15) is 5.76 Å². The molecule has 0 aliphatic carbocycles. The van der Waals surface area contributed by atoms with Crippen molar-refractivity contribution in [3.8, 4) is 11.3 Å². The number of nitro benzene ring substituents is 1. The number of hydrogen-bond donors (Lipinski definition) is 1. The van der Waals surface area contributed by atoms with Crippen molar-refractivity contribution in [2.75, 3.05) is 6.61 Å². The molecule has 0 saturated carbocycles. The standard InChI is InChI=1S/C11H10N2O4/c14-5-4-10-7-11(12-17-10)8-2-1-3-9(6-8)13(15)16/h1-3,6-7,14H,4-5H2. The maximum Gasteiger partial charge on any atom is 0.270 e. The van der Waals surface area contributed by atoms with Gasteiger partial charge in [-0.2, -0.15) is 0 Å². The van der Waals surface area contributed by atoms with E-state index in [9.17, 15) is 10.1 Å². The monoisotopic (exact) mass is 234 g/mol. The first-order valence-electron chi connectivity index (χ1n) is 5.02. The largest absolute Gasteiger partial charge is 0.396 e. The second-order valence-corrected chi connectivity index (χ2v) is 3.46. The Morgan fingerprint density at radius 3 is 2.94 bits per heavy atom. The fourth-order valence-corrected chi connectivity index (χ4v) is 1.46. The van der Waals surface area contributed by atoms with Gasteiger partial charge >= 0.3 is 0 Å². The van der Waals surface area contributed by atoms with Crippen molar-refractivity contribution in [1.82, 2.24) is 5.16 Å². The van der Waals surface area contributed by atoms with Crippen molar-refractivity contribution < 1.29 is 14.6 Å². The van der Waals surface area contributed by atoms with E-state index in [4.69, 9.17) is 9.63 Å². The van der Waals surface area contributed by atoms with Crippen molar-refractivity contribution in [3.63, 3.8) is 0 Å². The molecule has 1 heterocycles. The number of aliphatic hydroxyl groups excluding tert-OH is 1. The Hall–Kier alpha value is -2.21. The van der Waals surface area contributed by atoms with E-state index >= 15 is 0 Å². The molecule has 1 aromatic heterocycles. The Balaban J connectivity index is 2.32. The van der Waals surface area contributed by atoms with Crippen LogP contribution in [-0.4, -0.2) is 21.8 Å². The number of nitro groups is 1. The molecule has 0 spiro atoms. The molecule has 6 heteroatoms. The van der Waals surface area contributed by atoms with E-state index in [1.54, 1.807) is 18.2 Å². The van der Waals surface area contributed by atoms with Crippen molar-refractivity contribution >= 4 is 5.69 Å². The summed E-state index contributed by atoms with van der Waals surface area (Å²) >= 11 is 0. The zero-order valence-corrected chi connectivity index (χ0v) is 8.87. The van der Waals surface area contributed by atoms with Gasteiger partial charge in [0.1, 0.15) is 11.5 Å². The fourth-order valence-electron chi connectivity index (χ4n) is 1.46. The third-order valence-corrected chi connectivity index (χ3v) is 2.27. The summed E-state index contributed by atoms with van der Waals surface area (Å²) in [5.74, 6) is 0.550. The quantitative estimate of drug-likeness (QED) is 0.643. The molecule has 0 amide bonds. The van der Waals surface area contributed by atoms with Gasteiger partial charge in [-0.15, -0.1) is 0 Å². The van der Waals surface area contributed by atoms with Gasteiger partial charge < -0.3 is 9.63 Å². The third kappa shape index (κ3) is 2.48. The third-order valence-electron chi connectivity index (χ3n) is 2.27. The summed E-state index contributed by atoms with van der Waals surface area (Å²) in [7, 11) is 0. The molecule has 0 saturated heterocycles. The summed E-state index contributed by atoms with van der Waals surface area (Å²) < 4.78 is 4.98. The first kappa shape index (κ1) is 11.3. The molecule has 17 heavy (non-hydrogen) atoms. The molecule has 0 radical (unpaired) electrons. The smallest absolute Gasteiger partial charge is 0.270 e. The van der Waals surface area contributed by atoms with Gasteiger partial charge in [-0.05, 0) is 0 Å². The maximum absolute atomic E-state index is 10.6. The molecule has 0 fully saturated rings. The van der Waals surface area contributed by atoms with Crippen LogP contribution in [0.4, 0.5) is 5.69 Å². The molecule has 0 aliphatic rings. The maximum atomic E-state index is 10.6. The molecule has 1 N–H and O–H groups in total. The second-order valence-electron chi connectivity index (χ2n) is 3.46. The van der Waals surface area contributed by atoms with Gasteiger partial charge in [0.15, 0.2) is 0 Å². The van der Waals surface area contributed by atoms with E-state index in [1.165, 1.54) is 12.1 Å². The Bertz CT molecular complexity index is 536. The molecule has 2 aromatic rings. The van der Waals surface area contributed by atoms with Crippen LogP contribution in [0.25, 0.3) is 11.3 Å².